The van der Waals surface area contributed by atoms with Crippen LogP contribution in [0.1, 0.15) is 29.7 Å². The Balaban J connectivity index is 1.50. The molecule has 0 bridgehead atoms. The van der Waals surface area contributed by atoms with E-state index in [1.54, 1.807) is 13.2 Å². The third kappa shape index (κ3) is 3.69. The molecule has 6 heteroatoms. The maximum absolute atomic E-state index is 14.3. The molecule has 1 saturated heterocycles. The van der Waals surface area contributed by atoms with Gasteiger partial charge in [0, 0.05) is 49.4 Å². The standard InChI is InChI=1S/C25H27ClFN3O/c1-16-13-19-23(15-21(16)27)28-22-6-4-3-5-18(22)25(19)30-11-9-29(10-12-30)24-14-17(31-2)7-8-20(24)26/h7-8,13-15H,3-6,9-12H2,1-2H3. The van der Waals surface area contributed by atoms with Crippen LogP contribution in [0.3, 0.4) is 0 Å². The minimum Gasteiger partial charge on any atom is -0.497 e. The molecule has 2 heterocycles. The molecule has 162 valence electrons. The predicted molar refractivity (Wildman–Crippen MR) is 126 cm³/mol. The van der Waals surface area contributed by atoms with Gasteiger partial charge in [-0.1, -0.05) is 11.6 Å². The van der Waals surface area contributed by atoms with Gasteiger partial charge in [-0.2, -0.15) is 0 Å². The summed E-state index contributed by atoms with van der Waals surface area (Å²) < 4.78 is 19.7. The SMILES string of the molecule is COc1ccc(Cl)c(N2CCN(c3c4c(nc5cc(F)c(C)cc35)CCCC4)CC2)c1. The van der Waals surface area contributed by atoms with E-state index < -0.39 is 0 Å². The third-order valence-corrected chi connectivity index (χ3v) is 6.92. The van der Waals surface area contributed by atoms with E-state index in [4.69, 9.17) is 21.3 Å². The fraction of sp³-hybridized carbons (Fsp3) is 0.400. The molecule has 1 fully saturated rings. The first-order valence-corrected chi connectivity index (χ1v) is 11.4. The number of anilines is 2. The highest BCUT2D eigenvalue weighted by molar-refractivity contribution is 6.33. The Bertz CT molecular complexity index is 1140. The summed E-state index contributed by atoms with van der Waals surface area (Å²) in [6.45, 7) is 5.34. The van der Waals surface area contributed by atoms with E-state index in [2.05, 4.69) is 9.80 Å². The lowest BCUT2D eigenvalue weighted by Gasteiger charge is -2.39. The molecule has 0 radical (unpaired) electrons. The summed E-state index contributed by atoms with van der Waals surface area (Å²) in [5.41, 5.74) is 6.23. The molecule has 1 aromatic heterocycles. The second-order valence-electron chi connectivity index (χ2n) is 8.50. The van der Waals surface area contributed by atoms with Gasteiger partial charge in [-0.25, -0.2) is 4.39 Å². The smallest absolute Gasteiger partial charge is 0.128 e. The third-order valence-electron chi connectivity index (χ3n) is 6.60. The summed E-state index contributed by atoms with van der Waals surface area (Å²) in [7, 11) is 1.67. The average Bonchev–Trinajstić information content (AvgIpc) is 2.79. The van der Waals surface area contributed by atoms with Gasteiger partial charge in [0.1, 0.15) is 11.6 Å². The number of piperazine rings is 1. The van der Waals surface area contributed by atoms with Gasteiger partial charge in [-0.15, -0.1) is 0 Å². The van der Waals surface area contributed by atoms with Crippen LogP contribution in [0.15, 0.2) is 30.3 Å². The molecule has 3 aromatic rings. The summed E-state index contributed by atoms with van der Waals surface area (Å²) in [4.78, 5) is 9.65. The Morgan fingerprint density at radius 3 is 2.52 bits per heavy atom. The van der Waals surface area contributed by atoms with Crippen molar-refractivity contribution in [2.24, 2.45) is 0 Å². The maximum Gasteiger partial charge on any atom is 0.128 e. The number of pyridine rings is 1. The molecular formula is C25H27ClFN3O. The molecule has 0 amide bonds. The fourth-order valence-electron chi connectivity index (χ4n) is 4.92. The van der Waals surface area contributed by atoms with E-state index in [-0.39, 0.29) is 5.82 Å². The van der Waals surface area contributed by atoms with Crippen LogP contribution < -0.4 is 14.5 Å². The number of fused-ring (bicyclic) bond motifs is 2. The van der Waals surface area contributed by atoms with Crippen molar-refractivity contribution in [3.8, 4) is 5.75 Å². The molecule has 2 aliphatic rings. The van der Waals surface area contributed by atoms with Crippen LogP contribution in [0.2, 0.25) is 5.02 Å². The molecule has 0 saturated carbocycles. The lowest BCUT2D eigenvalue weighted by atomic mass is 9.91. The molecule has 0 N–H and O–H groups in total. The molecule has 31 heavy (non-hydrogen) atoms. The average molecular weight is 440 g/mol. The maximum atomic E-state index is 14.3. The highest BCUT2D eigenvalue weighted by Gasteiger charge is 2.26. The summed E-state index contributed by atoms with van der Waals surface area (Å²) in [5.74, 6) is 0.632. The first-order valence-electron chi connectivity index (χ1n) is 11.0. The zero-order chi connectivity index (χ0) is 21.5. The van der Waals surface area contributed by atoms with Crippen molar-refractivity contribution < 1.29 is 9.13 Å². The number of benzene rings is 2. The molecule has 5 rings (SSSR count). The van der Waals surface area contributed by atoms with Gasteiger partial charge in [0.05, 0.1) is 29.0 Å². The minimum atomic E-state index is -0.181. The number of nitrogens with zero attached hydrogens (tertiary/aromatic N) is 3. The number of ether oxygens (including phenoxy) is 1. The molecule has 0 unspecified atom stereocenters. The van der Waals surface area contributed by atoms with E-state index in [0.29, 0.717) is 5.56 Å². The van der Waals surface area contributed by atoms with Crippen LogP contribution in [-0.4, -0.2) is 38.3 Å². The second kappa shape index (κ2) is 8.19. The Morgan fingerprint density at radius 1 is 1.00 bits per heavy atom. The largest absolute Gasteiger partial charge is 0.497 e. The summed E-state index contributed by atoms with van der Waals surface area (Å²) >= 11 is 6.49. The number of aromatic nitrogens is 1. The summed E-state index contributed by atoms with van der Waals surface area (Å²) in [5, 5.41) is 1.82. The Hall–Kier alpha value is -2.53. The Morgan fingerprint density at radius 2 is 1.74 bits per heavy atom. The number of rotatable bonds is 3. The van der Waals surface area contributed by atoms with E-state index in [1.165, 1.54) is 17.7 Å². The first-order chi connectivity index (χ1) is 15.0. The van der Waals surface area contributed by atoms with Crippen molar-refractivity contribution in [3.63, 3.8) is 0 Å². The zero-order valence-electron chi connectivity index (χ0n) is 18.0. The minimum absolute atomic E-state index is 0.181. The molecule has 1 aliphatic carbocycles. The van der Waals surface area contributed by atoms with E-state index in [0.717, 1.165) is 78.5 Å². The number of halogens is 2. The number of aryl methyl sites for hydroxylation is 2. The van der Waals surface area contributed by atoms with E-state index in [9.17, 15) is 4.39 Å². The van der Waals surface area contributed by atoms with Crippen LogP contribution in [0, 0.1) is 12.7 Å². The Kier molecular flexibility index (Phi) is 5.39. The van der Waals surface area contributed by atoms with Crippen LogP contribution in [-0.2, 0) is 12.8 Å². The fourth-order valence-corrected chi connectivity index (χ4v) is 5.16. The van der Waals surface area contributed by atoms with Crippen molar-refractivity contribution in [3.05, 3.63) is 58.0 Å². The van der Waals surface area contributed by atoms with Gasteiger partial charge in [-0.3, -0.25) is 4.98 Å². The van der Waals surface area contributed by atoms with Gasteiger partial charge in [0.2, 0.25) is 0 Å². The van der Waals surface area contributed by atoms with Crippen molar-refractivity contribution in [1.82, 2.24) is 4.98 Å². The lowest BCUT2D eigenvalue weighted by Crippen LogP contribution is -2.47. The van der Waals surface area contributed by atoms with E-state index in [1.807, 2.05) is 31.2 Å². The molecule has 0 spiro atoms. The normalized spacial score (nSPS) is 16.5. The van der Waals surface area contributed by atoms with Crippen LogP contribution in [0.4, 0.5) is 15.8 Å². The van der Waals surface area contributed by atoms with Gasteiger partial charge in [0.15, 0.2) is 0 Å². The predicted octanol–water partition coefficient (Wildman–Crippen LogP) is 5.55. The summed E-state index contributed by atoms with van der Waals surface area (Å²) in [6, 6.07) is 9.38. The Labute approximate surface area is 187 Å². The van der Waals surface area contributed by atoms with E-state index >= 15 is 0 Å². The van der Waals surface area contributed by atoms with Gasteiger partial charge < -0.3 is 14.5 Å². The van der Waals surface area contributed by atoms with Crippen LogP contribution >= 0.6 is 11.6 Å². The zero-order valence-corrected chi connectivity index (χ0v) is 18.8. The molecular weight excluding hydrogens is 413 g/mol. The summed E-state index contributed by atoms with van der Waals surface area (Å²) in [6.07, 6.45) is 4.37. The van der Waals surface area contributed by atoms with Crippen molar-refractivity contribution in [2.75, 3.05) is 43.1 Å². The molecule has 1 aliphatic heterocycles. The first kappa shape index (κ1) is 20.4. The molecule has 4 nitrogen and oxygen atoms in total. The van der Waals surface area contributed by atoms with Crippen LogP contribution in [0.5, 0.6) is 5.75 Å². The van der Waals surface area contributed by atoms with Gasteiger partial charge in [0.25, 0.3) is 0 Å². The second-order valence-corrected chi connectivity index (χ2v) is 8.91. The monoisotopic (exact) mass is 439 g/mol. The van der Waals surface area contributed by atoms with Gasteiger partial charge in [-0.05, 0) is 61.9 Å². The molecule has 0 atom stereocenters. The quantitative estimate of drug-likeness (QED) is 0.535. The number of hydrogen-bond donors (Lipinski definition) is 0. The highest BCUT2D eigenvalue weighted by atomic mass is 35.5. The van der Waals surface area contributed by atoms with Crippen LogP contribution in [0.25, 0.3) is 10.9 Å². The number of hydrogen-bond acceptors (Lipinski definition) is 4. The van der Waals surface area contributed by atoms with Crippen molar-refractivity contribution in [1.29, 1.82) is 0 Å². The molecule has 2 aromatic carbocycles. The van der Waals surface area contributed by atoms with Crippen molar-refractivity contribution >= 4 is 33.9 Å². The topological polar surface area (TPSA) is 28.6 Å². The van der Waals surface area contributed by atoms with Gasteiger partial charge >= 0.3 is 0 Å². The van der Waals surface area contributed by atoms with Crippen molar-refractivity contribution in [2.45, 2.75) is 32.6 Å². The lowest BCUT2D eigenvalue weighted by molar-refractivity contribution is 0.414. The number of methoxy groups -OCH3 is 1. The highest BCUT2D eigenvalue weighted by Crippen LogP contribution is 2.38.